The minimum Gasteiger partial charge on any atom is -0.409 e. The fourth-order valence-corrected chi connectivity index (χ4v) is 4.38. The molecule has 1 unspecified atom stereocenters. The molecule has 1 atom stereocenters. The van der Waals surface area contributed by atoms with Gasteiger partial charge in [-0.2, -0.15) is 4.31 Å². The van der Waals surface area contributed by atoms with Gasteiger partial charge in [0.05, 0.1) is 4.90 Å². The Kier molecular flexibility index (Phi) is 4.66. The van der Waals surface area contributed by atoms with E-state index in [2.05, 4.69) is 21.1 Å². The molecule has 20 heavy (non-hydrogen) atoms. The molecule has 6 nitrogen and oxygen atoms in total. The van der Waals surface area contributed by atoms with E-state index in [1.165, 1.54) is 4.31 Å². The van der Waals surface area contributed by atoms with Crippen LogP contribution in [0.15, 0.2) is 38.8 Å². The second-order valence-corrected chi connectivity index (χ2v) is 7.54. The average Bonchev–Trinajstić information content (AvgIpc) is 2.46. The van der Waals surface area contributed by atoms with Gasteiger partial charge in [0.2, 0.25) is 10.0 Å². The highest BCUT2D eigenvalue weighted by Gasteiger charge is 2.31. The molecule has 0 aromatic heterocycles. The van der Waals surface area contributed by atoms with Crippen LogP contribution < -0.4 is 5.73 Å². The lowest BCUT2D eigenvalue weighted by molar-refractivity contribution is 0.287. The van der Waals surface area contributed by atoms with Crippen LogP contribution in [0.3, 0.4) is 0 Å². The lowest BCUT2D eigenvalue weighted by Gasteiger charge is -2.31. The van der Waals surface area contributed by atoms with Gasteiger partial charge in [0, 0.05) is 23.5 Å². The third-order valence-corrected chi connectivity index (χ3v) is 5.71. The Morgan fingerprint density at radius 1 is 1.50 bits per heavy atom. The zero-order valence-electron chi connectivity index (χ0n) is 10.7. The summed E-state index contributed by atoms with van der Waals surface area (Å²) in [4.78, 5) is 0.243. The van der Waals surface area contributed by atoms with Gasteiger partial charge in [-0.1, -0.05) is 27.2 Å². The van der Waals surface area contributed by atoms with Crippen molar-refractivity contribution in [1.29, 1.82) is 0 Å². The summed E-state index contributed by atoms with van der Waals surface area (Å²) in [5.74, 6) is -0.158. The smallest absolute Gasteiger partial charge is 0.243 e. The lowest BCUT2D eigenvalue weighted by atomic mass is 9.99. The highest BCUT2D eigenvalue weighted by molar-refractivity contribution is 9.10. The first kappa shape index (κ1) is 15.3. The summed E-state index contributed by atoms with van der Waals surface area (Å²) in [6.07, 6.45) is 1.41. The molecule has 0 spiro atoms. The Labute approximate surface area is 126 Å². The maximum absolute atomic E-state index is 12.6. The highest BCUT2D eigenvalue weighted by Crippen LogP contribution is 2.25. The van der Waals surface area contributed by atoms with Crippen molar-refractivity contribution in [2.24, 2.45) is 16.8 Å². The molecule has 0 saturated carbocycles. The van der Waals surface area contributed by atoms with E-state index >= 15 is 0 Å². The molecule has 1 aliphatic heterocycles. The third kappa shape index (κ3) is 3.13. The average molecular weight is 362 g/mol. The van der Waals surface area contributed by atoms with E-state index in [1.807, 2.05) is 0 Å². The molecular formula is C12H16BrN3O3S. The number of piperidine rings is 1. The van der Waals surface area contributed by atoms with Crippen LogP contribution in [-0.2, 0) is 10.0 Å². The van der Waals surface area contributed by atoms with E-state index in [-0.39, 0.29) is 23.2 Å². The predicted molar refractivity (Wildman–Crippen MR) is 79.0 cm³/mol. The molecule has 1 saturated heterocycles. The first-order valence-electron chi connectivity index (χ1n) is 6.18. The molecule has 3 N–H and O–H groups in total. The first-order chi connectivity index (χ1) is 9.45. The number of hydrogen-bond donors (Lipinski definition) is 2. The maximum atomic E-state index is 12.6. The minimum absolute atomic E-state index is 0.0825. The molecule has 0 aliphatic carbocycles. The summed E-state index contributed by atoms with van der Waals surface area (Å²) >= 11 is 3.27. The summed E-state index contributed by atoms with van der Waals surface area (Å²) in [7, 11) is -3.55. The summed E-state index contributed by atoms with van der Waals surface area (Å²) < 4.78 is 27.2. The Morgan fingerprint density at radius 2 is 2.25 bits per heavy atom. The summed E-state index contributed by atoms with van der Waals surface area (Å²) in [5, 5.41) is 11.7. The Balaban J connectivity index is 2.26. The Hall–Kier alpha value is -1.12. The lowest BCUT2D eigenvalue weighted by Crippen LogP contribution is -2.44. The molecule has 1 aromatic rings. The van der Waals surface area contributed by atoms with Crippen LogP contribution in [-0.4, -0.2) is 36.9 Å². The first-order valence-corrected chi connectivity index (χ1v) is 8.41. The van der Waals surface area contributed by atoms with Crippen LogP contribution in [0.4, 0.5) is 0 Å². The van der Waals surface area contributed by atoms with Crippen LogP contribution >= 0.6 is 15.9 Å². The van der Waals surface area contributed by atoms with Crippen LogP contribution in [0.2, 0.25) is 0 Å². The van der Waals surface area contributed by atoms with E-state index in [1.54, 1.807) is 24.3 Å². The summed E-state index contributed by atoms with van der Waals surface area (Å²) in [6.45, 7) is 0.689. The zero-order valence-corrected chi connectivity index (χ0v) is 13.1. The van der Waals surface area contributed by atoms with Gasteiger partial charge >= 0.3 is 0 Å². The number of oxime groups is 1. The SMILES string of the molecule is NC(=NO)C1CCCN(S(=O)(=O)c2cccc(Br)c2)C1. The molecule has 1 aromatic carbocycles. The number of sulfonamides is 1. The second kappa shape index (κ2) is 6.11. The molecule has 1 aliphatic rings. The number of nitrogens with zero attached hydrogens (tertiary/aromatic N) is 2. The van der Waals surface area contributed by atoms with Crippen LogP contribution in [0.1, 0.15) is 12.8 Å². The number of amidine groups is 1. The van der Waals surface area contributed by atoms with E-state index in [4.69, 9.17) is 10.9 Å². The van der Waals surface area contributed by atoms with Crippen molar-refractivity contribution < 1.29 is 13.6 Å². The van der Waals surface area contributed by atoms with Crippen LogP contribution in [0.5, 0.6) is 0 Å². The summed E-state index contributed by atoms with van der Waals surface area (Å²) in [6, 6.07) is 6.59. The van der Waals surface area contributed by atoms with E-state index < -0.39 is 10.0 Å². The molecule has 0 radical (unpaired) electrons. The number of rotatable bonds is 3. The fraction of sp³-hybridized carbons (Fsp3) is 0.417. The van der Waals surface area contributed by atoms with Crippen LogP contribution in [0, 0.1) is 5.92 Å². The molecule has 1 fully saturated rings. The quantitative estimate of drug-likeness (QED) is 0.369. The Morgan fingerprint density at radius 3 is 2.90 bits per heavy atom. The van der Waals surface area contributed by atoms with Crippen molar-refractivity contribution in [2.45, 2.75) is 17.7 Å². The van der Waals surface area contributed by atoms with Crippen molar-refractivity contribution >= 4 is 31.8 Å². The standard InChI is InChI=1S/C12H16BrN3O3S/c13-10-4-1-5-11(7-10)20(18,19)16-6-2-3-9(8-16)12(14)15-17/h1,4-5,7,9,17H,2-3,6,8H2,(H2,14,15). The van der Waals surface area contributed by atoms with Crippen molar-refractivity contribution in [1.82, 2.24) is 4.31 Å². The molecule has 110 valence electrons. The zero-order chi connectivity index (χ0) is 14.8. The maximum Gasteiger partial charge on any atom is 0.243 e. The minimum atomic E-state index is -3.55. The fourth-order valence-electron chi connectivity index (χ4n) is 2.26. The van der Waals surface area contributed by atoms with Crippen molar-refractivity contribution in [2.75, 3.05) is 13.1 Å². The van der Waals surface area contributed by atoms with Gasteiger partial charge in [0.25, 0.3) is 0 Å². The monoisotopic (exact) mass is 361 g/mol. The molecule has 0 amide bonds. The van der Waals surface area contributed by atoms with Gasteiger partial charge < -0.3 is 10.9 Å². The van der Waals surface area contributed by atoms with Gasteiger partial charge in [-0.15, -0.1) is 0 Å². The van der Waals surface area contributed by atoms with E-state index in [9.17, 15) is 8.42 Å². The molecule has 2 rings (SSSR count). The number of hydrogen-bond acceptors (Lipinski definition) is 4. The number of benzene rings is 1. The van der Waals surface area contributed by atoms with Crippen molar-refractivity contribution in [3.8, 4) is 0 Å². The van der Waals surface area contributed by atoms with Gasteiger partial charge in [0.15, 0.2) is 0 Å². The highest BCUT2D eigenvalue weighted by atomic mass is 79.9. The van der Waals surface area contributed by atoms with E-state index in [0.29, 0.717) is 17.4 Å². The largest absolute Gasteiger partial charge is 0.409 e. The van der Waals surface area contributed by atoms with Gasteiger partial charge in [-0.25, -0.2) is 8.42 Å². The van der Waals surface area contributed by atoms with Crippen LogP contribution in [0.25, 0.3) is 0 Å². The number of nitrogens with two attached hydrogens (primary N) is 1. The van der Waals surface area contributed by atoms with Gasteiger partial charge in [-0.05, 0) is 31.0 Å². The van der Waals surface area contributed by atoms with E-state index in [0.717, 1.165) is 6.42 Å². The Bertz CT molecular complexity index is 618. The topological polar surface area (TPSA) is 96.0 Å². The van der Waals surface area contributed by atoms with Gasteiger partial charge in [-0.3, -0.25) is 0 Å². The normalized spacial score (nSPS) is 21.9. The van der Waals surface area contributed by atoms with Crippen molar-refractivity contribution in [3.63, 3.8) is 0 Å². The van der Waals surface area contributed by atoms with Crippen molar-refractivity contribution in [3.05, 3.63) is 28.7 Å². The molecular weight excluding hydrogens is 346 g/mol. The molecule has 8 heteroatoms. The number of halogens is 1. The predicted octanol–water partition coefficient (Wildman–Crippen LogP) is 1.60. The summed E-state index contributed by atoms with van der Waals surface area (Å²) in [5.41, 5.74) is 5.59. The van der Waals surface area contributed by atoms with Gasteiger partial charge in [0.1, 0.15) is 5.84 Å². The molecule has 1 heterocycles. The third-order valence-electron chi connectivity index (χ3n) is 3.35. The molecule has 0 bridgehead atoms. The second-order valence-electron chi connectivity index (χ2n) is 4.68.